The predicted octanol–water partition coefficient (Wildman–Crippen LogP) is 1.67. The van der Waals surface area contributed by atoms with Gasteiger partial charge in [0.1, 0.15) is 23.2 Å². The predicted molar refractivity (Wildman–Crippen MR) is 64.5 cm³/mol. The third-order valence-corrected chi connectivity index (χ3v) is 2.97. The fourth-order valence-corrected chi connectivity index (χ4v) is 1.77. The Morgan fingerprint density at radius 2 is 2.29 bits per heavy atom. The largest absolute Gasteiger partial charge is 0.492 e. The quantitative estimate of drug-likeness (QED) is 0.751. The molecule has 1 aromatic rings. The van der Waals surface area contributed by atoms with Crippen molar-refractivity contribution in [2.24, 2.45) is 0 Å². The third kappa shape index (κ3) is 4.52. The molecule has 0 aromatic carbocycles. The molecule has 0 saturated carbocycles. The minimum absolute atomic E-state index is 0.126. The van der Waals surface area contributed by atoms with Gasteiger partial charge in [-0.2, -0.15) is 0 Å². The van der Waals surface area contributed by atoms with E-state index in [1.807, 2.05) is 6.92 Å². The van der Waals surface area contributed by atoms with E-state index < -0.39 is 16.1 Å². The first-order chi connectivity index (χ1) is 8.15. The zero-order valence-electron chi connectivity index (χ0n) is 9.84. The van der Waals surface area contributed by atoms with Crippen molar-refractivity contribution in [1.29, 1.82) is 0 Å². The lowest BCUT2D eigenvalue weighted by Gasteiger charge is -2.07. The Hall–Kier alpha value is -1.43. The summed E-state index contributed by atoms with van der Waals surface area (Å²) in [4.78, 5) is 15.0. The van der Waals surface area contributed by atoms with Crippen LogP contribution in [-0.2, 0) is 15.5 Å². The SMILES string of the molecule is CCOC(=O)S(=O)CCOc1ccncc1C. The molecule has 1 heterocycles. The van der Waals surface area contributed by atoms with Gasteiger partial charge in [-0.15, -0.1) is 0 Å². The van der Waals surface area contributed by atoms with Gasteiger partial charge in [-0.3, -0.25) is 4.98 Å². The van der Waals surface area contributed by atoms with Crippen LogP contribution in [0.3, 0.4) is 0 Å². The van der Waals surface area contributed by atoms with Gasteiger partial charge in [0.2, 0.25) is 0 Å². The average molecular weight is 257 g/mol. The van der Waals surface area contributed by atoms with Crippen LogP contribution in [0.4, 0.5) is 4.79 Å². The summed E-state index contributed by atoms with van der Waals surface area (Å²) in [6.45, 7) is 3.97. The summed E-state index contributed by atoms with van der Waals surface area (Å²) < 4.78 is 21.4. The van der Waals surface area contributed by atoms with E-state index in [9.17, 15) is 9.00 Å². The lowest BCUT2D eigenvalue weighted by atomic mass is 10.3. The van der Waals surface area contributed by atoms with Gasteiger partial charge in [0.05, 0.1) is 12.4 Å². The molecule has 1 aromatic heterocycles. The molecule has 0 aliphatic carbocycles. The second-order valence-corrected chi connectivity index (χ2v) is 4.65. The molecule has 0 N–H and O–H groups in total. The van der Waals surface area contributed by atoms with Crippen LogP contribution in [0.15, 0.2) is 18.5 Å². The Bertz CT molecular complexity index is 408. The molecule has 17 heavy (non-hydrogen) atoms. The normalized spacial score (nSPS) is 11.9. The molecule has 1 unspecified atom stereocenters. The van der Waals surface area contributed by atoms with Crippen LogP contribution in [0.5, 0.6) is 5.75 Å². The fraction of sp³-hybridized carbons (Fsp3) is 0.455. The molecule has 0 radical (unpaired) electrons. The van der Waals surface area contributed by atoms with E-state index in [2.05, 4.69) is 9.72 Å². The first-order valence-electron chi connectivity index (χ1n) is 5.23. The highest BCUT2D eigenvalue weighted by Gasteiger charge is 2.12. The second kappa shape index (κ2) is 7.01. The van der Waals surface area contributed by atoms with Gasteiger partial charge in [-0.1, -0.05) is 0 Å². The third-order valence-electron chi connectivity index (χ3n) is 1.94. The highest BCUT2D eigenvalue weighted by Crippen LogP contribution is 2.14. The van der Waals surface area contributed by atoms with E-state index in [1.54, 1.807) is 25.4 Å². The number of aromatic nitrogens is 1. The lowest BCUT2D eigenvalue weighted by molar-refractivity contribution is 0.180. The zero-order valence-corrected chi connectivity index (χ0v) is 10.7. The number of carbonyl (C=O) groups excluding carboxylic acids is 1. The molecule has 0 fully saturated rings. The van der Waals surface area contributed by atoms with Crippen molar-refractivity contribution in [2.45, 2.75) is 13.8 Å². The molecular weight excluding hydrogens is 242 g/mol. The topological polar surface area (TPSA) is 65.5 Å². The van der Waals surface area contributed by atoms with Crippen molar-refractivity contribution in [3.63, 3.8) is 0 Å². The zero-order chi connectivity index (χ0) is 12.7. The van der Waals surface area contributed by atoms with Gasteiger partial charge >= 0.3 is 5.30 Å². The monoisotopic (exact) mass is 257 g/mol. The summed E-state index contributed by atoms with van der Waals surface area (Å²) >= 11 is 0. The Morgan fingerprint density at radius 1 is 1.53 bits per heavy atom. The van der Waals surface area contributed by atoms with Crippen LogP contribution < -0.4 is 4.74 Å². The van der Waals surface area contributed by atoms with Crippen molar-refractivity contribution >= 4 is 16.1 Å². The van der Waals surface area contributed by atoms with Crippen LogP contribution >= 0.6 is 0 Å². The van der Waals surface area contributed by atoms with Gasteiger partial charge in [-0.05, 0) is 19.9 Å². The number of aryl methyl sites for hydroxylation is 1. The number of rotatable bonds is 5. The van der Waals surface area contributed by atoms with Crippen LogP contribution in [0, 0.1) is 6.92 Å². The molecule has 0 aliphatic rings. The van der Waals surface area contributed by atoms with E-state index in [0.717, 1.165) is 5.56 Å². The molecule has 1 atom stereocenters. The molecular formula is C11H15NO4S. The van der Waals surface area contributed by atoms with Crippen molar-refractivity contribution in [3.05, 3.63) is 24.0 Å². The van der Waals surface area contributed by atoms with Gasteiger partial charge in [0, 0.05) is 18.0 Å². The molecule has 0 bridgehead atoms. The van der Waals surface area contributed by atoms with Gasteiger partial charge in [0.25, 0.3) is 0 Å². The number of pyridine rings is 1. The van der Waals surface area contributed by atoms with E-state index in [1.165, 1.54) is 0 Å². The summed E-state index contributed by atoms with van der Waals surface area (Å²) in [6, 6.07) is 1.72. The maximum absolute atomic E-state index is 11.4. The summed E-state index contributed by atoms with van der Waals surface area (Å²) in [6.07, 6.45) is 3.29. The van der Waals surface area contributed by atoms with Crippen LogP contribution in [0.25, 0.3) is 0 Å². The maximum atomic E-state index is 11.4. The number of nitrogens with zero attached hydrogens (tertiary/aromatic N) is 1. The summed E-state index contributed by atoms with van der Waals surface area (Å²) in [5.74, 6) is 0.807. The van der Waals surface area contributed by atoms with Gasteiger partial charge < -0.3 is 9.47 Å². The lowest BCUT2D eigenvalue weighted by Crippen LogP contribution is -2.17. The number of carbonyl (C=O) groups is 1. The molecule has 1 rings (SSSR count). The highest BCUT2D eigenvalue weighted by molar-refractivity contribution is 7.99. The molecule has 0 saturated heterocycles. The van der Waals surface area contributed by atoms with Crippen molar-refractivity contribution in [3.8, 4) is 5.75 Å². The molecule has 0 aliphatic heterocycles. The average Bonchev–Trinajstić information content (AvgIpc) is 2.31. The Balaban J connectivity index is 2.36. The van der Waals surface area contributed by atoms with Crippen molar-refractivity contribution in [2.75, 3.05) is 19.0 Å². The minimum atomic E-state index is -1.65. The van der Waals surface area contributed by atoms with Crippen molar-refractivity contribution < 1.29 is 18.5 Å². The number of ether oxygens (including phenoxy) is 2. The first kappa shape index (κ1) is 13.6. The summed E-state index contributed by atoms with van der Waals surface area (Å²) in [5.41, 5.74) is 0.898. The van der Waals surface area contributed by atoms with E-state index >= 15 is 0 Å². The van der Waals surface area contributed by atoms with Crippen LogP contribution in [0.2, 0.25) is 0 Å². The number of hydrogen-bond donors (Lipinski definition) is 0. The summed E-state index contributed by atoms with van der Waals surface area (Å²) in [7, 11) is -1.65. The van der Waals surface area contributed by atoms with Crippen LogP contribution in [0.1, 0.15) is 12.5 Å². The van der Waals surface area contributed by atoms with Crippen LogP contribution in [-0.4, -0.2) is 33.5 Å². The maximum Gasteiger partial charge on any atom is 0.397 e. The Labute approximate surface area is 103 Å². The fourth-order valence-electron chi connectivity index (χ4n) is 1.12. The second-order valence-electron chi connectivity index (χ2n) is 3.22. The molecule has 0 amide bonds. The molecule has 0 spiro atoms. The minimum Gasteiger partial charge on any atom is -0.492 e. The van der Waals surface area contributed by atoms with Gasteiger partial charge in [-0.25, -0.2) is 9.00 Å². The van der Waals surface area contributed by atoms with E-state index in [4.69, 9.17) is 4.74 Å². The summed E-state index contributed by atoms with van der Waals surface area (Å²) in [5, 5.41) is -0.692. The van der Waals surface area contributed by atoms with Gasteiger partial charge in [0.15, 0.2) is 0 Å². The van der Waals surface area contributed by atoms with E-state index in [-0.39, 0.29) is 19.0 Å². The van der Waals surface area contributed by atoms with Crippen molar-refractivity contribution in [1.82, 2.24) is 4.98 Å². The van der Waals surface area contributed by atoms with E-state index in [0.29, 0.717) is 5.75 Å². The molecule has 6 heteroatoms. The Kier molecular flexibility index (Phi) is 5.62. The molecule has 5 nitrogen and oxygen atoms in total. The Morgan fingerprint density at radius 3 is 2.94 bits per heavy atom. The standard InChI is InChI=1S/C11H15NO4S/c1-3-15-11(13)17(14)7-6-16-10-4-5-12-8-9(10)2/h4-5,8H,3,6-7H2,1-2H3. The molecule has 94 valence electrons. The highest BCUT2D eigenvalue weighted by atomic mass is 32.2. The first-order valence-corrected chi connectivity index (χ1v) is 6.55. The number of hydrogen-bond acceptors (Lipinski definition) is 5. The smallest absolute Gasteiger partial charge is 0.397 e.